The second-order valence-electron chi connectivity index (χ2n) is 8.05. The van der Waals surface area contributed by atoms with Gasteiger partial charge in [0.25, 0.3) is 5.56 Å². The molecule has 1 aromatic carbocycles. The molecule has 0 unspecified atom stereocenters. The minimum atomic E-state index is -5.02. The average molecular weight is 564 g/mol. The largest absolute Gasteiger partial charge is 0.492 e. The van der Waals surface area contributed by atoms with E-state index in [1.54, 1.807) is 31.2 Å². The summed E-state index contributed by atoms with van der Waals surface area (Å²) >= 11 is 1.02. The highest BCUT2D eigenvalue weighted by Crippen LogP contribution is 2.40. The Morgan fingerprint density at radius 2 is 1.92 bits per heavy atom. The van der Waals surface area contributed by atoms with Gasteiger partial charge in [0.1, 0.15) is 28.9 Å². The first-order valence-corrected chi connectivity index (χ1v) is 12.1. The number of aromatic nitrogens is 1. The normalized spacial score (nSPS) is 12.5. The lowest BCUT2D eigenvalue weighted by Crippen LogP contribution is -2.28. The molecule has 0 saturated heterocycles. The number of rotatable bonds is 9. The van der Waals surface area contributed by atoms with Gasteiger partial charge >= 0.3 is 6.18 Å². The van der Waals surface area contributed by atoms with Crippen LogP contribution in [0.5, 0.6) is 5.75 Å². The van der Waals surface area contributed by atoms with Gasteiger partial charge in [-0.1, -0.05) is 12.7 Å². The van der Waals surface area contributed by atoms with E-state index in [2.05, 4.69) is 6.58 Å². The number of nitrogens with one attached hydrogen (secondary N) is 1. The number of allylic oxidation sites excluding steroid dienone is 5. The van der Waals surface area contributed by atoms with E-state index in [0.717, 1.165) is 28.9 Å². The van der Waals surface area contributed by atoms with Crippen molar-refractivity contribution in [2.75, 3.05) is 12.1 Å². The van der Waals surface area contributed by atoms with Crippen LogP contribution >= 0.6 is 11.3 Å². The van der Waals surface area contributed by atoms with Crippen LogP contribution in [0.3, 0.4) is 0 Å². The van der Waals surface area contributed by atoms with Crippen LogP contribution in [0.15, 0.2) is 77.2 Å². The number of anilines is 1. The summed E-state index contributed by atoms with van der Waals surface area (Å²) in [4.78, 5) is 13.9. The summed E-state index contributed by atoms with van der Waals surface area (Å²) in [5.41, 5.74) is -1.54. The van der Waals surface area contributed by atoms with E-state index < -0.39 is 41.1 Å². The SMILES string of the molecule is C=C/C(Cn1c(-c2ccc(-c3ccc(OCC)c(NO)c3)s2)cc(C(F)(F)F)c(C#N)c1=O)=C(F)\C=C(/C)F. The van der Waals surface area contributed by atoms with Crippen molar-refractivity contribution in [2.45, 2.75) is 26.6 Å². The molecule has 0 spiro atoms. The summed E-state index contributed by atoms with van der Waals surface area (Å²) in [6.45, 7) is 5.94. The summed E-state index contributed by atoms with van der Waals surface area (Å²) in [5.74, 6) is -1.58. The van der Waals surface area contributed by atoms with Crippen molar-refractivity contribution in [3.63, 3.8) is 0 Å². The predicted octanol–water partition coefficient (Wildman–Crippen LogP) is 7.62. The smallest absolute Gasteiger partial charge is 0.417 e. The first kappa shape index (κ1) is 29.3. The van der Waals surface area contributed by atoms with Gasteiger partial charge in [-0.15, -0.1) is 11.3 Å². The molecule has 3 aromatic rings. The van der Waals surface area contributed by atoms with E-state index in [-0.39, 0.29) is 21.8 Å². The molecule has 0 atom stereocenters. The van der Waals surface area contributed by atoms with Crippen molar-refractivity contribution < 1.29 is 31.9 Å². The fraction of sp³-hybridized carbons (Fsp3) is 0.185. The van der Waals surface area contributed by atoms with Gasteiger partial charge in [0.2, 0.25) is 0 Å². The second-order valence-corrected chi connectivity index (χ2v) is 9.13. The quantitative estimate of drug-likeness (QED) is 0.159. The van der Waals surface area contributed by atoms with Gasteiger partial charge < -0.3 is 9.30 Å². The third-order valence-electron chi connectivity index (χ3n) is 5.47. The van der Waals surface area contributed by atoms with Crippen LogP contribution in [0.1, 0.15) is 25.0 Å². The Labute approximate surface area is 224 Å². The Morgan fingerprint density at radius 3 is 2.49 bits per heavy atom. The number of thiophene rings is 1. The minimum absolute atomic E-state index is 0.200. The van der Waals surface area contributed by atoms with Gasteiger partial charge in [-0.2, -0.15) is 18.4 Å². The van der Waals surface area contributed by atoms with E-state index in [4.69, 9.17) is 4.74 Å². The summed E-state index contributed by atoms with van der Waals surface area (Å²) < 4.78 is 75.6. The zero-order chi connectivity index (χ0) is 28.9. The van der Waals surface area contributed by atoms with Gasteiger partial charge in [-0.3, -0.25) is 15.5 Å². The molecular formula is C27H22F5N3O3S. The zero-order valence-corrected chi connectivity index (χ0v) is 21.5. The molecule has 0 amide bonds. The molecule has 0 aliphatic carbocycles. The highest BCUT2D eigenvalue weighted by Gasteiger charge is 2.37. The number of halogens is 5. The minimum Gasteiger partial charge on any atom is -0.492 e. The molecule has 0 aliphatic heterocycles. The summed E-state index contributed by atoms with van der Waals surface area (Å²) in [6, 6.07) is 9.86. The van der Waals surface area contributed by atoms with E-state index in [1.165, 1.54) is 12.1 Å². The number of hydrogen-bond donors (Lipinski definition) is 2. The van der Waals surface area contributed by atoms with Crippen LogP contribution < -0.4 is 15.8 Å². The molecule has 2 aromatic heterocycles. The van der Waals surface area contributed by atoms with Crippen molar-refractivity contribution >= 4 is 17.0 Å². The number of pyridine rings is 1. The number of benzene rings is 1. The average Bonchev–Trinajstić information content (AvgIpc) is 3.37. The first-order valence-electron chi connectivity index (χ1n) is 11.3. The molecule has 12 heteroatoms. The fourth-order valence-electron chi connectivity index (χ4n) is 3.70. The molecule has 2 heterocycles. The third kappa shape index (κ3) is 6.45. The number of hydrogen-bond acceptors (Lipinski definition) is 6. The maximum Gasteiger partial charge on any atom is 0.417 e. The van der Waals surface area contributed by atoms with Gasteiger partial charge in [-0.05, 0) is 55.8 Å². The maximum atomic E-state index is 14.6. The lowest BCUT2D eigenvalue weighted by Gasteiger charge is -2.17. The molecule has 0 bridgehead atoms. The Bertz CT molecular complexity index is 1560. The second kappa shape index (κ2) is 12.1. The summed E-state index contributed by atoms with van der Waals surface area (Å²) in [6.07, 6.45) is -3.46. The summed E-state index contributed by atoms with van der Waals surface area (Å²) in [7, 11) is 0. The Hall–Kier alpha value is -4.21. The van der Waals surface area contributed by atoms with E-state index in [1.807, 2.05) is 5.48 Å². The Kier molecular flexibility index (Phi) is 9.11. The Balaban J connectivity index is 2.26. The van der Waals surface area contributed by atoms with Crippen LogP contribution in [0.25, 0.3) is 21.0 Å². The fourth-order valence-corrected chi connectivity index (χ4v) is 4.72. The lowest BCUT2D eigenvalue weighted by molar-refractivity contribution is -0.137. The van der Waals surface area contributed by atoms with Crippen LogP contribution in [0.4, 0.5) is 27.6 Å². The third-order valence-corrected chi connectivity index (χ3v) is 6.62. The van der Waals surface area contributed by atoms with Crippen molar-refractivity contribution in [1.29, 1.82) is 5.26 Å². The highest BCUT2D eigenvalue weighted by atomic mass is 32.1. The monoisotopic (exact) mass is 563 g/mol. The predicted molar refractivity (Wildman–Crippen MR) is 139 cm³/mol. The molecule has 3 rings (SSSR count). The number of ether oxygens (including phenoxy) is 1. The Morgan fingerprint density at radius 1 is 1.23 bits per heavy atom. The molecule has 0 radical (unpaired) electrons. The van der Waals surface area contributed by atoms with Crippen molar-refractivity contribution in [3.05, 3.63) is 93.8 Å². The first-order chi connectivity index (χ1) is 18.4. The van der Waals surface area contributed by atoms with Crippen molar-refractivity contribution in [2.24, 2.45) is 0 Å². The summed E-state index contributed by atoms with van der Waals surface area (Å²) in [5, 5.41) is 18.8. The molecule has 39 heavy (non-hydrogen) atoms. The molecule has 2 N–H and O–H groups in total. The molecule has 0 aliphatic rings. The maximum absolute atomic E-state index is 14.6. The van der Waals surface area contributed by atoms with Crippen LogP contribution in [0, 0.1) is 11.3 Å². The van der Waals surface area contributed by atoms with E-state index >= 15 is 0 Å². The molecule has 0 fully saturated rings. The topological polar surface area (TPSA) is 87.3 Å². The zero-order valence-electron chi connectivity index (χ0n) is 20.7. The van der Waals surface area contributed by atoms with Gasteiger partial charge in [0, 0.05) is 16.5 Å². The van der Waals surface area contributed by atoms with Gasteiger partial charge in [0.05, 0.1) is 35.1 Å². The number of alkyl halides is 3. The van der Waals surface area contributed by atoms with Crippen molar-refractivity contribution in [3.8, 4) is 32.8 Å². The van der Waals surface area contributed by atoms with Crippen LogP contribution in [-0.4, -0.2) is 16.4 Å². The van der Waals surface area contributed by atoms with Gasteiger partial charge in [0.15, 0.2) is 0 Å². The number of nitrogens with zero attached hydrogens (tertiary/aromatic N) is 2. The standard InChI is InChI=1S/C27H22F5N3O3S/c1-4-16(20(29)10-15(3)28)14-35-22(12-19(27(30,31)32)18(13-33)26(35)36)25-9-8-24(39-25)17-6-7-23(38-5-2)21(11-17)34-37/h4,6-12,34,37H,1,5,14H2,2-3H3/b15-10+,20-16-. The number of nitriles is 1. The molecule has 204 valence electrons. The van der Waals surface area contributed by atoms with E-state index in [0.29, 0.717) is 34.9 Å². The lowest BCUT2D eigenvalue weighted by atomic mass is 10.1. The highest BCUT2D eigenvalue weighted by molar-refractivity contribution is 7.18. The van der Waals surface area contributed by atoms with Crippen LogP contribution in [0.2, 0.25) is 0 Å². The van der Waals surface area contributed by atoms with Crippen LogP contribution in [-0.2, 0) is 12.7 Å². The van der Waals surface area contributed by atoms with E-state index in [9.17, 15) is 37.2 Å². The molecule has 6 nitrogen and oxygen atoms in total. The van der Waals surface area contributed by atoms with Crippen molar-refractivity contribution in [1.82, 2.24) is 4.57 Å². The molecule has 0 saturated carbocycles. The molecular weight excluding hydrogens is 541 g/mol. The van der Waals surface area contributed by atoms with Gasteiger partial charge in [-0.25, -0.2) is 8.78 Å².